The molecule has 0 rings (SSSR count). The van der Waals surface area contributed by atoms with Crippen LogP contribution in [0.4, 0.5) is 0 Å². The molecule has 0 aliphatic rings. The van der Waals surface area contributed by atoms with Crippen LogP contribution in [0.25, 0.3) is 0 Å². The Morgan fingerprint density at radius 1 is 1.21 bits per heavy atom. The van der Waals surface area contributed by atoms with Crippen molar-refractivity contribution in [2.45, 2.75) is 0 Å². The summed E-state index contributed by atoms with van der Waals surface area (Å²) in [7, 11) is 0. The van der Waals surface area contributed by atoms with E-state index in [1.807, 2.05) is 0 Å². The molecule has 0 saturated heterocycles. The van der Waals surface area contributed by atoms with Crippen molar-refractivity contribution in [3.8, 4) is 0 Å². The zero-order valence-electron chi connectivity index (χ0n) is 6.84. The van der Waals surface area contributed by atoms with Crippen LogP contribution in [-0.4, -0.2) is 28.1 Å². The summed E-state index contributed by atoms with van der Waals surface area (Å²) in [5.74, 6) is 0.360. The molecule has 0 unspecified atom stereocenters. The minimum atomic E-state index is -1.56. The lowest BCUT2D eigenvalue weighted by Crippen LogP contribution is -2.18. The number of carboxylic acid groups (broad SMARTS) is 2. The summed E-state index contributed by atoms with van der Waals surface area (Å²) < 4.78 is 0. The predicted molar refractivity (Wildman–Crippen MR) is 42.8 cm³/mol. The third kappa shape index (κ3) is 4.02. The van der Waals surface area contributed by atoms with E-state index < -0.39 is 23.5 Å². The number of aliphatic carboxylic acids is 2. The monoisotopic (exact) mass is 201 g/mol. The Morgan fingerprint density at radius 3 is 2.14 bits per heavy atom. The van der Waals surface area contributed by atoms with Crippen LogP contribution >= 0.6 is 0 Å². The Kier molecular flexibility index (Phi) is 4.65. The highest BCUT2D eigenvalue weighted by atomic mass is 16.7. The molecule has 0 aliphatic carbocycles. The number of carboxylic acids is 2. The lowest BCUT2D eigenvalue weighted by atomic mass is 10.2. The first kappa shape index (κ1) is 11.8. The number of hydrogen-bond donors (Lipinski definition) is 3. The van der Waals surface area contributed by atoms with Gasteiger partial charge in [0, 0.05) is 6.08 Å². The lowest BCUT2D eigenvalue weighted by molar-refractivity contribution is -0.144. The van der Waals surface area contributed by atoms with E-state index in [0.717, 1.165) is 12.2 Å². The van der Waals surface area contributed by atoms with E-state index in [2.05, 4.69) is 10.7 Å². The number of hydrogen-bond acceptors (Lipinski definition) is 5. The Labute approximate surface area is 78.0 Å². The van der Waals surface area contributed by atoms with Gasteiger partial charge in [0.25, 0.3) is 0 Å². The van der Waals surface area contributed by atoms with Crippen LogP contribution in [0, 0.1) is 0 Å². The Morgan fingerprint density at radius 2 is 1.79 bits per heavy atom. The maximum absolute atomic E-state index is 10.7. The molecule has 0 atom stereocenters. The number of rotatable bonds is 4. The van der Waals surface area contributed by atoms with Crippen LogP contribution in [0.1, 0.15) is 0 Å². The van der Waals surface area contributed by atoms with Gasteiger partial charge in [0.15, 0.2) is 0 Å². The molecule has 0 amide bonds. The van der Waals surface area contributed by atoms with Gasteiger partial charge in [-0.1, -0.05) is 6.08 Å². The molecule has 0 aromatic heterocycles. The van der Waals surface area contributed by atoms with Gasteiger partial charge in [-0.3, -0.25) is 0 Å². The first-order valence-electron chi connectivity index (χ1n) is 3.24. The van der Waals surface area contributed by atoms with Crippen LogP contribution in [0.5, 0.6) is 0 Å². The van der Waals surface area contributed by atoms with Crippen molar-refractivity contribution < 1.29 is 29.4 Å². The fourth-order valence-corrected chi connectivity index (χ4v) is 0.517. The molecule has 4 N–H and O–H groups in total. The third-order valence-corrected chi connectivity index (χ3v) is 1.06. The van der Waals surface area contributed by atoms with Crippen molar-refractivity contribution >= 4 is 17.9 Å². The second kappa shape index (κ2) is 5.49. The summed E-state index contributed by atoms with van der Waals surface area (Å²) in [4.78, 5) is 34.7. The predicted octanol–water partition coefficient (Wildman–Crippen LogP) is -0.945. The zero-order chi connectivity index (χ0) is 11.1. The molecule has 0 spiro atoms. The maximum atomic E-state index is 10.7. The van der Waals surface area contributed by atoms with E-state index in [9.17, 15) is 14.4 Å². The Balaban J connectivity index is 4.75. The molecular formula is C7H7NO6. The van der Waals surface area contributed by atoms with Crippen LogP contribution in [0.2, 0.25) is 0 Å². The third-order valence-electron chi connectivity index (χ3n) is 1.06. The summed E-state index contributed by atoms with van der Waals surface area (Å²) in [5.41, 5.74) is -0.759. The fraction of sp³-hybridized carbons (Fsp3) is 0. The molecule has 0 aromatic rings. The van der Waals surface area contributed by atoms with Crippen LogP contribution in [0.3, 0.4) is 0 Å². The van der Waals surface area contributed by atoms with Gasteiger partial charge in [-0.25, -0.2) is 14.4 Å². The van der Waals surface area contributed by atoms with Crippen molar-refractivity contribution in [3.63, 3.8) is 0 Å². The smallest absolute Gasteiger partial charge is 0.364 e. The minimum absolute atomic E-state index is 0.659. The highest BCUT2D eigenvalue weighted by molar-refractivity contribution is 6.13. The maximum Gasteiger partial charge on any atom is 0.364 e. The quantitative estimate of drug-likeness (QED) is 0.176. The van der Waals surface area contributed by atoms with Gasteiger partial charge in [0.05, 0.1) is 0 Å². The van der Waals surface area contributed by atoms with E-state index >= 15 is 0 Å². The highest BCUT2D eigenvalue weighted by Gasteiger charge is 2.17. The Bertz CT molecular complexity index is 316. The van der Waals surface area contributed by atoms with Crippen molar-refractivity contribution in [2.75, 3.05) is 0 Å². The minimum Gasteiger partial charge on any atom is -0.478 e. The van der Waals surface area contributed by atoms with Crippen molar-refractivity contribution in [1.82, 2.24) is 0 Å². The first-order chi connectivity index (χ1) is 6.49. The molecule has 0 radical (unpaired) electrons. The van der Waals surface area contributed by atoms with E-state index in [0.29, 0.717) is 6.08 Å². The van der Waals surface area contributed by atoms with Gasteiger partial charge < -0.3 is 15.1 Å². The average molecular weight is 201 g/mol. The largest absolute Gasteiger partial charge is 0.478 e. The molecular weight excluding hydrogens is 194 g/mol. The van der Waals surface area contributed by atoms with Gasteiger partial charge in [-0.15, -0.1) is 0 Å². The average Bonchev–Trinajstić information content (AvgIpc) is 2.10. The summed E-state index contributed by atoms with van der Waals surface area (Å²) in [6, 6.07) is 0. The molecule has 0 fully saturated rings. The summed E-state index contributed by atoms with van der Waals surface area (Å²) in [5, 5.41) is 16.6. The fourth-order valence-electron chi connectivity index (χ4n) is 0.517. The number of carbonyl (C=O) groups excluding carboxylic acids is 1. The molecule has 0 aliphatic heterocycles. The molecule has 7 heteroatoms. The van der Waals surface area contributed by atoms with Crippen LogP contribution in [0.15, 0.2) is 23.8 Å². The standard InChI is InChI=1S/C7H7NO6/c8-14-7(13)4(6(11)12)2-1-3-5(9)10/h1-3H,8H2,(H,9,10)(H,11,12)/b3-1+,4-2+. The molecule has 0 aromatic carbocycles. The molecule has 0 saturated carbocycles. The van der Waals surface area contributed by atoms with Crippen LogP contribution < -0.4 is 5.90 Å². The van der Waals surface area contributed by atoms with Gasteiger partial charge >= 0.3 is 17.9 Å². The second-order valence-electron chi connectivity index (χ2n) is 1.99. The first-order valence-corrected chi connectivity index (χ1v) is 3.24. The molecule has 7 nitrogen and oxygen atoms in total. The van der Waals surface area contributed by atoms with E-state index in [1.54, 1.807) is 0 Å². The van der Waals surface area contributed by atoms with Gasteiger partial charge in [0.2, 0.25) is 0 Å². The van der Waals surface area contributed by atoms with Gasteiger partial charge in [-0.2, -0.15) is 5.90 Å². The second-order valence-corrected chi connectivity index (χ2v) is 1.99. The molecule has 76 valence electrons. The van der Waals surface area contributed by atoms with Crippen molar-refractivity contribution in [1.29, 1.82) is 0 Å². The topological polar surface area (TPSA) is 127 Å². The van der Waals surface area contributed by atoms with Crippen LogP contribution in [-0.2, 0) is 19.2 Å². The normalized spacial score (nSPS) is 11.4. The highest BCUT2D eigenvalue weighted by Crippen LogP contribution is 1.97. The zero-order valence-corrected chi connectivity index (χ0v) is 6.84. The van der Waals surface area contributed by atoms with E-state index in [-0.39, 0.29) is 0 Å². The molecule has 0 bridgehead atoms. The summed E-state index contributed by atoms with van der Waals surface area (Å²) in [6.07, 6.45) is 2.31. The lowest BCUT2D eigenvalue weighted by Gasteiger charge is -1.95. The number of nitrogens with two attached hydrogens (primary N) is 1. The SMILES string of the molecule is NOC(=O)/C(=C/C=C/C(=O)O)C(=O)O. The summed E-state index contributed by atoms with van der Waals surface area (Å²) in [6.45, 7) is 0. The molecule has 0 heterocycles. The van der Waals surface area contributed by atoms with Crippen molar-refractivity contribution in [3.05, 3.63) is 23.8 Å². The number of carbonyl (C=O) groups is 3. The Hall–Kier alpha value is -2.15. The van der Waals surface area contributed by atoms with E-state index in [4.69, 9.17) is 10.2 Å². The van der Waals surface area contributed by atoms with E-state index in [1.165, 1.54) is 0 Å². The van der Waals surface area contributed by atoms with Gasteiger partial charge in [0.1, 0.15) is 5.57 Å². The number of allylic oxidation sites excluding steroid dienone is 2. The molecule has 14 heavy (non-hydrogen) atoms. The summed E-state index contributed by atoms with van der Waals surface area (Å²) >= 11 is 0. The van der Waals surface area contributed by atoms with Gasteiger partial charge in [-0.05, 0) is 6.08 Å². The van der Waals surface area contributed by atoms with Crippen molar-refractivity contribution in [2.24, 2.45) is 5.90 Å².